The number of ether oxygens (including phenoxy) is 1. The van der Waals surface area contributed by atoms with Crippen molar-refractivity contribution >= 4 is 17.3 Å². The van der Waals surface area contributed by atoms with Crippen LogP contribution in [0, 0.1) is 5.82 Å². The summed E-state index contributed by atoms with van der Waals surface area (Å²) in [6.45, 7) is 0.252. The highest BCUT2D eigenvalue weighted by atomic mass is 19.1. The predicted molar refractivity (Wildman–Crippen MR) is 80.8 cm³/mol. The van der Waals surface area contributed by atoms with Gasteiger partial charge in [-0.05, 0) is 42.5 Å². The summed E-state index contributed by atoms with van der Waals surface area (Å²) < 4.78 is 18.6. The molecule has 0 saturated carbocycles. The van der Waals surface area contributed by atoms with Crippen LogP contribution in [0.1, 0.15) is 6.42 Å². The number of nitrogens with two attached hydrogens (primary N) is 1. The van der Waals surface area contributed by atoms with E-state index in [1.807, 2.05) is 0 Å². The minimum Gasteiger partial charge on any atom is -0.493 e. The van der Waals surface area contributed by atoms with E-state index in [1.165, 1.54) is 17.0 Å². The second-order valence-electron chi connectivity index (χ2n) is 4.60. The van der Waals surface area contributed by atoms with Crippen molar-refractivity contribution in [2.24, 2.45) is 0 Å². The fraction of sp³-hybridized carbons (Fsp3) is 0.188. The number of benzene rings is 2. The van der Waals surface area contributed by atoms with Crippen molar-refractivity contribution in [2.75, 3.05) is 24.3 Å². The number of hydrogen-bond acceptors (Lipinski definition) is 3. The maximum atomic E-state index is 13.1. The van der Waals surface area contributed by atoms with Crippen molar-refractivity contribution in [1.82, 2.24) is 0 Å². The summed E-state index contributed by atoms with van der Waals surface area (Å²) in [7, 11) is 1.61. The second kappa shape index (κ2) is 6.74. The number of carbonyl (C=O) groups excluding carboxylic acids is 1. The molecule has 0 unspecified atom stereocenters. The highest BCUT2D eigenvalue weighted by Gasteiger charge is 2.11. The molecule has 5 heteroatoms. The number of rotatable bonds is 5. The molecule has 0 radical (unpaired) electrons. The van der Waals surface area contributed by atoms with Crippen LogP contribution in [-0.4, -0.2) is 19.6 Å². The number of nitrogen functional groups attached to an aromatic ring is 1. The van der Waals surface area contributed by atoms with Gasteiger partial charge in [-0.2, -0.15) is 0 Å². The summed E-state index contributed by atoms with van der Waals surface area (Å²) in [5.74, 6) is 0.145. The monoisotopic (exact) mass is 288 g/mol. The second-order valence-corrected chi connectivity index (χ2v) is 4.60. The van der Waals surface area contributed by atoms with Gasteiger partial charge in [0.25, 0.3) is 0 Å². The highest BCUT2D eigenvalue weighted by molar-refractivity contribution is 5.92. The SMILES string of the molecule is CN(C(=O)CCOc1ccc(N)cc1)c1cccc(F)c1. The Morgan fingerprint density at radius 2 is 1.95 bits per heavy atom. The summed E-state index contributed by atoms with van der Waals surface area (Å²) >= 11 is 0. The first kappa shape index (κ1) is 14.8. The average Bonchev–Trinajstić information content (AvgIpc) is 2.48. The van der Waals surface area contributed by atoms with E-state index in [1.54, 1.807) is 43.4 Å². The minimum absolute atomic E-state index is 0.143. The smallest absolute Gasteiger partial charge is 0.230 e. The Bertz CT molecular complexity index is 614. The van der Waals surface area contributed by atoms with Crippen molar-refractivity contribution < 1.29 is 13.9 Å². The van der Waals surface area contributed by atoms with Gasteiger partial charge in [-0.25, -0.2) is 4.39 Å². The van der Waals surface area contributed by atoms with E-state index in [0.29, 0.717) is 17.1 Å². The van der Waals surface area contributed by atoms with Crippen molar-refractivity contribution in [3.8, 4) is 5.75 Å². The van der Waals surface area contributed by atoms with Crippen LogP contribution in [0.2, 0.25) is 0 Å². The third kappa shape index (κ3) is 4.21. The van der Waals surface area contributed by atoms with Gasteiger partial charge in [0.1, 0.15) is 11.6 Å². The lowest BCUT2D eigenvalue weighted by atomic mass is 10.2. The van der Waals surface area contributed by atoms with E-state index < -0.39 is 0 Å². The Morgan fingerprint density at radius 3 is 2.62 bits per heavy atom. The lowest BCUT2D eigenvalue weighted by Crippen LogP contribution is -2.27. The molecule has 0 aromatic heterocycles. The Morgan fingerprint density at radius 1 is 1.24 bits per heavy atom. The Hall–Kier alpha value is -2.56. The first-order chi connectivity index (χ1) is 10.1. The van der Waals surface area contributed by atoms with Gasteiger partial charge in [0.15, 0.2) is 0 Å². The van der Waals surface area contributed by atoms with Crippen LogP contribution in [0.15, 0.2) is 48.5 Å². The third-order valence-electron chi connectivity index (χ3n) is 3.03. The average molecular weight is 288 g/mol. The summed E-state index contributed by atoms with van der Waals surface area (Å²) in [4.78, 5) is 13.4. The zero-order valence-electron chi connectivity index (χ0n) is 11.8. The standard InChI is InChI=1S/C16H17FN2O2/c1-19(14-4-2-3-12(17)11-14)16(20)9-10-21-15-7-5-13(18)6-8-15/h2-8,11H,9-10,18H2,1H3. The number of halogens is 1. The zero-order chi connectivity index (χ0) is 15.2. The first-order valence-electron chi connectivity index (χ1n) is 6.57. The summed E-state index contributed by atoms with van der Waals surface area (Å²) in [5.41, 5.74) is 6.75. The van der Waals surface area contributed by atoms with Gasteiger partial charge in [0.05, 0.1) is 13.0 Å². The Kier molecular flexibility index (Phi) is 4.77. The summed E-state index contributed by atoms with van der Waals surface area (Å²) in [5, 5.41) is 0. The van der Waals surface area contributed by atoms with Crippen LogP contribution >= 0.6 is 0 Å². The maximum absolute atomic E-state index is 13.1. The Labute approximate surface area is 122 Å². The van der Waals surface area contributed by atoms with Gasteiger partial charge in [-0.3, -0.25) is 4.79 Å². The van der Waals surface area contributed by atoms with Crippen LogP contribution < -0.4 is 15.4 Å². The molecule has 1 amide bonds. The van der Waals surface area contributed by atoms with Crippen LogP contribution in [0.3, 0.4) is 0 Å². The lowest BCUT2D eigenvalue weighted by Gasteiger charge is -2.17. The molecule has 0 aliphatic heterocycles. The fourth-order valence-electron chi connectivity index (χ4n) is 1.82. The molecule has 2 rings (SSSR count). The molecule has 4 nitrogen and oxygen atoms in total. The highest BCUT2D eigenvalue weighted by Crippen LogP contribution is 2.16. The summed E-state index contributed by atoms with van der Waals surface area (Å²) in [6.07, 6.45) is 0.206. The van der Waals surface area contributed by atoms with Crippen LogP contribution in [0.25, 0.3) is 0 Å². The van der Waals surface area contributed by atoms with Gasteiger partial charge < -0.3 is 15.4 Å². The largest absolute Gasteiger partial charge is 0.493 e. The zero-order valence-corrected chi connectivity index (χ0v) is 11.8. The van der Waals surface area contributed by atoms with Crippen molar-refractivity contribution in [3.05, 3.63) is 54.3 Å². The molecule has 2 aromatic carbocycles. The van der Waals surface area contributed by atoms with Gasteiger partial charge in [-0.15, -0.1) is 0 Å². The van der Waals surface area contributed by atoms with E-state index in [0.717, 1.165) is 0 Å². The normalized spacial score (nSPS) is 10.2. The van der Waals surface area contributed by atoms with Crippen LogP contribution in [0.5, 0.6) is 5.75 Å². The quantitative estimate of drug-likeness (QED) is 0.861. The molecular formula is C16H17FN2O2. The fourth-order valence-corrected chi connectivity index (χ4v) is 1.82. The van der Waals surface area contributed by atoms with Gasteiger partial charge in [-0.1, -0.05) is 6.07 Å². The van der Waals surface area contributed by atoms with Crippen molar-refractivity contribution in [3.63, 3.8) is 0 Å². The Balaban J connectivity index is 1.85. The molecule has 0 bridgehead atoms. The molecule has 2 aromatic rings. The van der Waals surface area contributed by atoms with E-state index in [2.05, 4.69) is 0 Å². The molecule has 110 valence electrons. The first-order valence-corrected chi connectivity index (χ1v) is 6.57. The molecule has 0 spiro atoms. The molecule has 0 aliphatic carbocycles. The molecule has 0 heterocycles. The van der Waals surface area contributed by atoms with E-state index in [4.69, 9.17) is 10.5 Å². The van der Waals surface area contributed by atoms with E-state index in [9.17, 15) is 9.18 Å². The molecule has 2 N–H and O–H groups in total. The predicted octanol–water partition coefficient (Wildman–Crippen LogP) is 2.84. The minimum atomic E-state index is -0.370. The van der Waals surface area contributed by atoms with Gasteiger partial charge in [0, 0.05) is 18.4 Å². The molecule has 0 aliphatic rings. The lowest BCUT2D eigenvalue weighted by molar-refractivity contribution is -0.118. The number of nitrogens with zero attached hydrogens (tertiary/aromatic N) is 1. The van der Waals surface area contributed by atoms with Crippen molar-refractivity contribution in [2.45, 2.75) is 6.42 Å². The van der Waals surface area contributed by atoms with Crippen LogP contribution in [-0.2, 0) is 4.79 Å². The van der Waals surface area contributed by atoms with E-state index >= 15 is 0 Å². The number of amides is 1. The van der Waals surface area contributed by atoms with Crippen LogP contribution in [0.4, 0.5) is 15.8 Å². The summed E-state index contributed by atoms with van der Waals surface area (Å²) in [6, 6.07) is 12.9. The maximum Gasteiger partial charge on any atom is 0.230 e. The van der Waals surface area contributed by atoms with Gasteiger partial charge >= 0.3 is 0 Å². The number of hydrogen-bond donors (Lipinski definition) is 1. The molecule has 0 saturated heterocycles. The third-order valence-corrected chi connectivity index (χ3v) is 3.03. The van der Waals surface area contributed by atoms with Gasteiger partial charge in [0.2, 0.25) is 5.91 Å². The molecule has 21 heavy (non-hydrogen) atoms. The molecule has 0 atom stereocenters. The molecule has 0 fully saturated rings. The number of anilines is 2. The van der Waals surface area contributed by atoms with E-state index in [-0.39, 0.29) is 24.8 Å². The number of carbonyl (C=O) groups is 1. The topological polar surface area (TPSA) is 55.6 Å². The van der Waals surface area contributed by atoms with Crippen molar-refractivity contribution in [1.29, 1.82) is 0 Å². The molecular weight excluding hydrogens is 271 g/mol.